The van der Waals surface area contributed by atoms with Crippen LogP contribution in [0.5, 0.6) is 0 Å². The van der Waals surface area contributed by atoms with Crippen LogP contribution < -0.4 is 5.32 Å². The number of ether oxygens (including phenoxy) is 1. The Balaban J connectivity index is 1.52. The van der Waals surface area contributed by atoms with Gasteiger partial charge in [-0.15, -0.1) is 11.3 Å². The lowest BCUT2D eigenvalue weighted by Gasteiger charge is -2.14. The maximum atomic E-state index is 12.7. The topological polar surface area (TPSA) is 81.2 Å². The van der Waals surface area contributed by atoms with Crippen LogP contribution >= 0.6 is 23.1 Å². The van der Waals surface area contributed by atoms with Crippen molar-refractivity contribution in [3.8, 4) is 0 Å². The molecular weight excluding hydrogens is 406 g/mol. The van der Waals surface area contributed by atoms with Crippen molar-refractivity contribution in [2.24, 2.45) is 0 Å². The number of hydrogen-bond acceptors (Lipinski definition) is 7. The predicted molar refractivity (Wildman–Crippen MR) is 116 cm³/mol. The largest absolute Gasteiger partial charge is 0.465 e. The SMILES string of the molecule is COC(=O)c1cccc(NC(=O)C(C)Sc2ncnc3sc4c(c23)CCCC4)c1. The van der Waals surface area contributed by atoms with Crippen molar-refractivity contribution in [1.29, 1.82) is 0 Å². The zero-order valence-corrected chi connectivity index (χ0v) is 17.9. The summed E-state index contributed by atoms with van der Waals surface area (Å²) in [4.78, 5) is 35.8. The second kappa shape index (κ2) is 8.51. The van der Waals surface area contributed by atoms with Crippen molar-refractivity contribution >= 4 is 50.9 Å². The zero-order chi connectivity index (χ0) is 20.4. The van der Waals surface area contributed by atoms with E-state index < -0.39 is 5.97 Å². The van der Waals surface area contributed by atoms with Gasteiger partial charge in [0, 0.05) is 16.0 Å². The molecule has 150 valence electrons. The van der Waals surface area contributed by atoms with Gasteiger partial charge < -0.3 is 10.1 Å². The van der Waals surface area contributed by atoms with Crippen LogP contribution in [-0.4, -0.2) is 34.2 Å². The highest BCUT2D eigenvalue weighted by molar-refractivity contribution is 8.00. The molecule has 4 rings (SSSR count). The van der Waals surface area contributed by atoms with Crippen LogP contribution in [0.3, 0.4) is 0 Å². The third kappa shape index (κ3) is 4.13. The summed E-state index contributed by atoms with van der Waals surface area (Å²) in [5, 5.41) is 4.50. The van der Waals surface area contributed by atoms with Gasteiger partial charge in [0.2, 0.25) is 5.91 Å². The van der Waals surface area contributed by atoms with E-state index in [1.807, 2.05) is 6.92 Å². The number of amides is 1. The van der Waals surface area contributed by atoms with Crippen LogP contribution in [0.15, 0.2) is 35.6 Å². The lowest BCUT2D eigenvalue weighted by molar-refractivity contribution is -0.115. The number of carbonyl (C=O) groups is 2. The zero-order valence-electron chi connectivity index (χ0n) is 16.2. The molecule has 0 bridgehead atoms. The van der Waals surface area contributed by atoms with Gasteiger partial charge in [0.25, 0.3) is 0 Å². The van der Waals surface area contributed by atoms with Gasteiger partial charge in [0.1, 0.15) is 16.2 Å². The van der Waals surface area contributed by atoms with Gasteiger partial charge in [0.05, 0.1) is 17.9 Å². The summed E-state index contributed by atoms with van der Waals surface area (Å²) >= 11 is 3.19. The van der Waals surface area contributed by atoms with Crippen LogP contribution in [0.25, 0.3) is 10.2 Å². The number of methoxy groups -OCH3 is 1. The molecule has 0 saturated heterocycles. The number of benzene rings is 1. The molecule has 2 aromatic heterocycles. The van der Waals surface area contributed by atoms with Gasteiger partial charge in [-0.3, -0.25) is 4.79 Å². The van der Waals surface area contributed by atoms with Crippen molar-refractivity contribution in [2.75, 3.05) is 12.4 Å². The number of fused-ring (bicyclic) bond motifs is 3. The summed E-state index contributed by atoms with van der Waals surface area (Å²) < 4.78 is 4.73. The van der Waals surface area contributed by atoms with Crippen LogP contribution in [0, 0.1) is 0 Å². The highest BCUT2D eigenvalue weighted by Crippen LogP contribution is 2.40. The lowest BCUT2D eigenvalue weighted by atomic mass is 9.97. The number of nitrogens with zero attached hydrogens (tertiary/aromatic N) is 2. The molecule has 1 atom stereocenters. The monoisotopic (exact) mass is 427 g/mol. The third-order valence-electron chi connectivity index (χ3n) is 4.93. The van der Waals surface area contributed by atoms with Crippen molar-refractivity contribution in [3.05, 3.63) is 46.6 Å². The average molecular weight is 428 g/mol. The fourth-order valence-corrected chi connectivity index (χ4v) is 5.70. The van der Waals surface area contributed by atoms with Gasteiger partial charge in [-0.05, 0) is 56.4 Å². The summed E-state index contributed by atoms with van der Waals surface area (Å²) in [6.45, 7) is 1.86. The normalized spacial score (nSPS) is 14.3. The Kier molecular flexibility index (Phi) is 5.82. The van der Waals surface area contributed by atoms with E-state index in [2.05, 4.69) is 15.3 Å². The fourth-order valence-electron chi connectivity index (χ4n) is 3.46. The summed E-state index contributed by atoms with van der Waals surface area (Å²) in [5.41, 5.74) is 2.32. The minimum absolute atomic E-state index is 0.145. The van der Waals surface area contributed by atoms with Crippen LogP contribution in [0.4, 0.5) is 5.69 Å². The van der Waals surface area contributed by atoms with Gasteiger partial charge in [0.15, 0.2) is 0 Å². The second-order valence-corrected chi connectivity index (χ2v) is 9.30. The number of rotatable bonds is 5. The highest BCUT2D eigenvalue weighted by atomic mass is 32.2. The quantitative estimate of drug-likeness (QED) is 0.367. The maximum Gasteiger partial charge on any atom is 0.337 e. The average Bonchev–Trinajstić information content (AvgIpc) is 3.13. The highest BCUT2D eigenvalue weighted by Gasteiger charge is 2.23. The molecule has 3 aromatic rings. The smallest absolute Gasteiger partial charge is 0.337 e. The van der Waals surface area contributed by atoms with Crippen LogP contribution in [0.2, 0.25) is 0 Å². The first kappa shape index (κ1) is 19.8. The molecule has 1 N–H and O–H groups in total. The number of aromatic nitrogens is 2. The Hall–Kier alpha value is -2.45. The molecule has 1 aliphatic rings. The second-order valence-electron chi connectivity index (χ2n) is 6.89. The van der Waals surface area contributed by atoms with Gasteiger partial charge in [-0.25, -0.2) is 14.8 Å². The van der Waals surface area contributed by atoms with Crippen molar-refractivity contribution in [3.63, 3.8) is 0 Å². The number of thiophene rings is 1. The van der Waals surface area contributed by atoms with Crippen LogP contribution in [0.1, 0.15) is 40.6 Å². The molecule has 0 aliphatic heterocycles. The molecule has 6 nitrogen and oxygen atoms in total. The minimum Gasteiger partial charge on any atom is -0.465 e. The van der Waals surface area contributed by atoms with E-state index >= 15 is 0 Å². The first-order valence-corrected chi connectivity index (χ1v) is 11.2. The molecule has 1 aliphatic carbocycles. The predicted octanol–water partition coefficient (Wildman–Crippen LogP) is 4.48. The molecule has 1 amide bonds. The Morgan fingerprint density at radius 3 is 2.90 bits per heavy atom. The molecule has 0 saturated carbocycles. The number of hydrogen-bond donors (Lipinski definition) is 1. The minimum atomic E-state index is -0.436. The van der Waals surface area contributed by atoms with Gasteiger partial charge in [-0.2, -0.15) is 0 Å². The summed E-state index contributed by atoms with van der Waals surface area (Å²) in [6.07, 6.45) is 6.14. The molecule has 0 radical (unpaired) electrons. The van der Waals surface area contributed by atoms with Crippen LogP contribution in [-0.2, 0) is 22.4 Å². The Labute approximate surface area is 177 Å². The standard InChI is InChI=1S/C21H21N3O3S2/c1-12(18(25)24-14-7-5-6-13(10-14)21(26)27-2)28-19-17-15-8-3-4-9-16(15)29-20(17)23-11-22-19/h5-7,10-12H,3-4,8-9H2,1-2H3,(H,24,25). The van der Waals surface area contributed by atoms with Gasteiger partial charge >= 0.3 is 5.97 Å². The number of anilines is 1. The van der Waals surface area contributed by atoms with E-state index in [0.717, 1.165) is 28.1 Å². The molecule has 2 heterocycles. The molecule has 8 heteroatoms. The van der Waals surface area contributed by atoms with E-state index in [1.54, 1.807) is 41.9 Å². The first-order chi connectivity index (χ1) is 14.1. The fraction of sp³-hybridized carbons (Fsp3) is 0.333. The maximum absolute atomic E-state index is 12.7. The summed E-state index contributed by atoms with van der Waals surface area (Å²) in [6, 6.07) is 6.72. The Morgan fingerprint density at radius 1 is 1.24 bits per heavy atom. The number of thioether (sulfide) groups is 1. The number of nitrogens with one attached hydrogen (secondary N) is 1. The van der Waals surface area contributed by atoms with E-state index in [0.29, 0.717) is 11.3 Å². The van der Waals surface area contributed by atoms with E-state index in [9.17, 15) is 9.59 Å². The van der Waals surface area contributed by atoms with E-state index in [4.69, 9.17) is 4.74 Å². The molecule has 1 aromatic carbocycles. The molecule has 0 spiro atoms. The van der Waals surface area contributed by atoms with Crippen molar-refractivity contribution in [1.82, 2.24) is 9.97 Å². The Morgan fingerprint density at radius 2 is 2.07 bits per heavy atom. The number of esters is 1. The number of aryl methyl sites for hydroxylation is 2. The summed E-state index contributed by atoms with van der Waals surface area (Å²) in [7, 11) is 1.33. The lowest BCUT2D eigenvalue weighted by Crippen LogP contribution is -2.22. The van der Waals surface area contributed by atoms with Crippen molar-refractivity contribution < 1.29 is 14.3 Å². The summed E-state index contributed by atoms with van der Waals surface area (Å²) in [5.74, 6) is -0.581. The van der Waals surface area contributed by atoms with Crippen molar-refractivity contribution in [2.45, 2.75) is 42.9 Å². The molecule has 1 unspecified atom stereocenters. The third-order valence-corrected chi connectivity index (χ3v) is 7.23. The van der Waals surface area contributed by atoms with Gasteiger partial charge in [-0.1, -0.05) is 17.8 Å². The molecular formula is C21H21N3O3S2. The molecule has 0 fully saturated rings. The number of carbonyl (C=O) groups excluding carboxylic acids is 2. The van der Waals surface area contributed by atoms with E-state index in [-0.39, 0.29) is 11.2 Å². The molecule has 29 heavy (non-hydrogen) atoms. The van der Waals surface area contributed by atoms with E-state index in [1.165, 1.54) is 42.2 Å². The first-order valence-electron chi connectivity index (χ1n) is 9.48. The Bertz CT molecular complexity index is 1080.